The molecule has 30 heavy (non-hydrogen) atoms. The van der Waals surface area contributed by atoms with E-state index >= 15 is 0 Å². The molecular formula is C18H16N2O8S2. The molecule has 0 aliphatic rings. The van der Waals surface area contributed by atoms with E-state index in [0.29, 0.717) is 10.8 Å². The zero-order valence-corrected chi connectivity index (χ0v) is 17.3. The van der Waals surface area contributed by atoms with Gasteiger partial charge in [-0.25, -0.2) is 0 Å². The molecule has 3 aromatic carbocycles. The van der Waals surface area contributed by atoms with Crippen molar-refractivity contribution in [2.45, 2.75) is 16.7 Å². The Morgan fingerprint density at radius 3 is 2.20 bits per heavy atom. The molecule has 10 nitrogen and oxygen atoms in total. The number of aryl methyl sites for hydroxylation is 1. The van der Waals surface area contributed by atoms with Crippen LogP contribution in [0.3, 0.4) is 0 Å². The summed E-state index contributed by atoms with van der Waals surface area (Å²) >= 11 is 0. The molecule has 3 rings (SSSR count). The molecule has 0 heterocycles. The quantitative estimate of drug-likeness (QED) is 0.389. The summed E-state index contributed by atoms with van der Waals surface area (Å²) in [6.45, 7) is 1.45. The highest BCUT2D eigenvalue weighted by Gasteiger charge is 2.18. The van der Waals surface area contributed by atoms with Gasteiger partial charge >= 0.3 is 0 Å². The smallest absolute Gasteiger partial charge is 0.294 e. The van der Waals surface area contributed by atoms with E-state index in [0.717, 1.165) is 12.1 Å². The Kier molecular flexibility index (Phi) is 5.52. The lowest BCUT2D eigenvalue weighted by Gasteiger charge is -2.09. The molecule has 0 aliphatic carbocycles. The Labute approximate surface area is 172 Å². The molecule has 0 atom stereocenters. The Balaban J connectivity index is 2.14. The molecule has 0 unspecified atom stereocenters. The third kappa shape index (κ3) is 4.26. The summed E-state index contributed by atoms with van der Waals surface area (Å²) < 4.78 is 69.2. The summed E-state index contributed by atoms with van der Waals surface area (Å²) in [6.07, 6.45) is 0. The van der Waals surface area contributed by atoms with Gasteiger partial charge in [-0.15, -0.1) is 10.2 Å². The number of azo groups is 1. The summed E-state index contributed by atoms with van der Waals surface area (Å²) in [5.74, 6) is -0.221. The molecule has 0 amide bonds. The van der Waals surface area contributed by atoms with Gasteiger partial charge in [-0.05, 0) is 42.1 Å². The average molecular weight is 452 g/mol. The van der Waals surface area contributed by atoms with E-state index in [-0.39, 0.29) is 38.2 Å². The summed E-state index contributed by atoms with van der Waals surface area (Å²) in [4.78, 5) is -0.661. The van der Waals surface area contributed by atoms with Crippen LogP contribution in [0, 0.1) is 6.92 Å². The Morgan fingerprint density at radius 2 is 1.60 bits per heavy atom. The first-order valence-electron chi connectivity index (χ1n) is 8.23. The van der Waals surface area contributed by atoms with Crippen LogP contribution >= 0.6 is 0 Å². The fourth-order valence-electron chi connectivity index (χ4n) is 2.82. The van der Waals surface area contributed by atoms with E-state index in [9.17, 15) is 31.0 Å². The van der Waals surface area contributed by atoms with E-state index in [1.807, 2.05) is 0 Å². The number of benzene rings is 3. The van der Waals surface area contributed by atoms with Crippen LogP contribution in [-0.2, 0) is 20.2 Å². The third-order valence-electron chi connectivity index (χ3n) is 4.25. The van der Waals surface area contributed by atoms with Crippen LogP contribution in [0.2, 0.25) is 0 Å². The SMILES string of the molecule is COc1cc(S(=O)(=O)O)c(C)cc1N=Nc1c(O)ccc2cc(S(=O)(=O)O)ccc12. The van der Waals surface area contributed by atoms with Gasteiger partial charge in [0, 0.05) is 11.5 Å². The first kappa shape index (κ1) is 21.6. The summed E-state index contributed by atoms with van der Waals surface area (Å²) in [6, 6.07) is 8.90. The number of rotatable bonds is 5. The van der Waals surface area contributed by atoms with Gasteiger partial charge < -0.3 is 9.84 Å². The average Bonchev–Trinajstić information content (AvgIpc) is 2.65. The van der Waals surface area contributed by atoms with Crippen molar-refractivity contribution < 1.29 is 35.8 Å². The lowest BCUT2D eigenvalue weighted by atomic mass is 10.1. The van der Waals surface area contributed by atoms with Crippen molar-refractivity contribution in [3.63, 3.8) is 0 Å². The van der Waals surface area contributed by atoms with Crippen molar-refractivity contribution in [3.8, 4) is 11.5 Å². The molecule has 0 saturated heterocycles. The van der Waals surface area contributed by atoms with Gasteiger partial charge in [-0.2, -0.15) is 16.8 Å². The van der Waals surface area contributed by atoms with Gasteiger partial charge in [-0.3, -0.25) is 9.11 Å². The molecular weight excluding hydrogens is 436 g/mol. The molecule has 3 aromatic rings. The topological polar surface area (TPSA) is 163 Å². The van der Waals surface area contributed by atoms with Crippen molar-refractivity contribution in [1.29, 1.82) is 0 Å². The number of aromatic hydroxyl groups is 1. The van der Waals surface area contributed by atoms with Crippen LogP contribution in [0.4, 0.5) is 11.4 Å². The molecule has 158 valence electrons. The summed E-state index contributed by atoms with van der Waals surface area (Å²) in [5, 5.41) is 18.9. The fraction of sp³-hybridized carbons (Fsp3) is 0.111. The van der Waals surface area contributed by atoms with Crippen LogP contribution in [-0.4, -0.2) is 38.2 Å². The molecule has 0 fully saturated rings. The normalized spacial score (nSPS) is 12.5. The number of methoxy groups -OCH3 is 1. The second-order valence-electron chi connectivity index (χ2n) is 6.26. The van der Waals surface area contributed by atoms with Crippen molar-refractivity contribution in [2.75, 3.05) is 7.11 Å². The molecule has 0 aromatic heterocycles. The van der Waals surface area contributed by atoms with E-state index < -0.39 is 20.2 Å². The van der Waals surface area contributed by atoms with Crippen molar-refractivity contribution >= 4 is 42.4 Å². The first-order valence-corrected chi connectivity index (χ1v) is 11.1. The second kappa shape index (κ2) is 7.65. The van der Waals surface area contributed by atoms with Crippen molar-refractivity contribution in [2.24, 2.45) is 10.2 Å². The molecule has 0 aliphatic heterocycles. The monoisotopic (exact) mass is 452 g/mol. The lowest BCUT2D eigenvalue weighted by molar-refractivity contribution is 0.413. The maximum atomic E-state index is 11.5. The van der Waals surface area contributed by atoms with Crippen molar-refractivity contribution in [3.05, 3.63) is 48.0 Å². The van der Waals surface area contributed by atoms with Gasteiger partial charge in [0.1, 0.15) is 27.8 Å². The summed E-state index contributed by atoms with van der Waals surface area (Å²) in [7, 11) is -7.59. The molecule has 12 heteroatoms. The van der Waals surface area contributed by atoms with E-state index in [1.165, 1.54) is 44.4 Å². The van der Waals surface area contributed by atoms with Gasteiger partial charge in [0.25, 0.3) is 20.2 Å². The highest BCUT2D eigenvalue weighted by Crippen LogP contribution is 2.39. The Morgan fingerprint density at radius 1 is 0.900 bits per heavy atom. The zero-order chi connectivity index (χ0) is 22.3. The molecule has 0 spiro atoms. The zero-order valence-electron chi connectivity index (χ0n) is 15.6. The predicted octanol–water partition coefficient (Wildman–Crippen LogP) is 3.77. The number of hydrogen-bond donors (Lipinski definition) is 3. The van der Waals surface area contributed by atoms with E-state index in [2.05, 4.69) is 10.2 Å². The van der Waals surface area contributed by atoms with Crippen LogP contribution in [0.25, 0.3) is 10.8 Å². The number of phenolic OH excluding ortho intramolecular Hbond substituents is 1. The van der Waals surface area contributed by atoms with Crippen molar-refractivity contribution in [1.82, 2.24) is 0 Å². The van der Waals surface area contributed by atoms with Gasteiger partial charge in [0.05, 0.1) is 12.0 Å². The molecule has 3 N–H and O–H groups in total. The predicted molar refractivity (Wildman–Crippen MR) is 107 cm³/mol. The van der Waals surface area contributed by atoms with Crippen LogP contribution in [0.15, 0.2) is 62.5 Å². The highest BCUT2D eigenvalue weighted by molar-refractivity contribution is 7.86. The van der Waals surface area contributed by atoms with Crippen LogP contribution in [0.5, 0.6) is 11.5 Å². The molecule has 0 radical (unpaired) electrons. The minimum absolute atomic E-state index is 0.0189. The Hall–Kier alpha value is -3.06. The van der Waals surface area contributed by atoms with Gasteiger partial charge in [0.15, 0.2) is 0 Å². The molecule has 0 bridgehead atoms. The maximum Gasteiger partial charge on any atom is 0.294 e. The van der Waals surface area contributed by atoms with Crippen LogP contribution < -0.4 is 4.74 Å². The van der Waals surface area contributed by atoms with Crippen LogP contribution in [0.1, 0.15) is 5.56 Å². The number of nitrogens with zero attached hydrogens (tertiary/aromatic N) is 2. The number of fused-ring (bicyclic) bond motifs is 1. The minimum Gasteiger partial charge on any atom is -0.506 e. The number of hydrogen-bond acceptors (Lipinski definition) is 8. The number of ether oxygens (including phenoxy) is 1. The van der Waals surface area contributed by atoms with E-state index in [4.69, 9.17) is 4.74 Å². The first-order chi connectivity index (χ1) is 13.9. The van der Waals surface area contributed by atoms with E-state index in [1.54, 1.807) is 0 Å². The fourth-order valence-corrected chi connectivity index (χ4v) is 4.06. The lowest BCUT2D eigenvalue weighted by Crippen LogP contribution is -2.01. The third-order valence-corrected chi connectivity index (χ3v) is 6.10. The number of phenols is 1. The largest absolute Gasteiger partial charge is 0.506 e. The molecule has 0 saturated carbocycles. The Bertz CT molecular complexity index is 1400. The van der Waals surface area contributed by atoms with Gasteiger partial charge in [0.2, 0.25) is 0 Å². The summed E-state index contributed by atoms with van der Waals surface area (Å²) in [5.41, 5.74) is 0.355. The second-order valence-corrected chi connectivity index (χ2v) is 9.07. The maximum absolute atomic E-state index is 11.5. The van der Waals surface area contributed by atoms with Gasteiger partial charge in [-0.1, -0.05) is 12.1 Å². The minimum atomic E-state index is -4.46. The highest BCUT2D eigenvalue weighted by atomic mass is 32.2. The standard InChI is InChI=1S/C18H16N2O8S2/c1-10-7-14(16(28-2)9-17(10)30(25,26)27)19-20-18-13-5-4-12(29(22,23)24)8-11(13)3-6-15(18)21/h3-9,21H,1-2H3,(H,22,23,24)(H,25,26,27).